The lowest BCUT2D eigenvalue weighted by molar-refractivity contribution is -0.122. The second-order valence-electron chi connectivity index (χ2n) is 9.08. The summed E-state index contributed by atoms with van der Waals surface area (Å²) in [5.74, 6) is 0.125. The summed E-state index contributed by atoms with van der Waals surface area (Å²) in [6.07, 6.45) is 0.122. The Kier molecular flexibility index (Phi) is 6.33. The van der Waals surface area contributed by atoms with Crippen LogP contribution in [0.5, 0.6) is 11.5 Å². The van der Waals surface area contributed by atoms with Crippen molar-refractivity contribution in [3.63, 3.8) is 0 Å². The first-order valence-electron chi connectivity index (χ1n) is 11.8. The van der Waals surface area contributed by atoms with Crippen LogP contribution < -0.4 is 25.0 Å². The van der Waals surface area contributed by atoms with Gasteiger partial charge in [0.25, 0.3) is 5.91 Å². The third kappa shape index (κ3) is 4.75. The van der Waals surface area contributed by atoms with E-state index in [9.17, 15) is 14.4 Å². The summed E-state index contributed by atoms with van der Waals surface area (Å²) in [4.78, 5) is 40.3. The van der Waals surface area contributed by atoms with Gasteiger partial charge in [0.2, 0.25) is 18.6 Å². The first-order valence-corrected chi connectivity index (χ1v) is 11.8. The summed E-state index contributed by atoms with van der Waals surface area (Å²) in [5.41, 5.74) is 4.65. The molecule has 1 saturated heterocycles. The van der Waals surface area contributed by atoms with Crippen LogP contribution in [0.4, 0.5) is 11.4 Å². The second kappa shape index (κ2) is 9.73. The number of hydrogen-bond donors (Lipinski definition) is 2. The number of para-hydroxylation sites is 1. The fraction of sp³-hybridized carbons (Fsp3) is 0.250. The van der Waals surface area contributed by atoms with Gasteiger partial charge in [0, 0.05) is 25.2 Å². The highest BCUT2D eigenvalue weighted by Crippen LogP contribution is 2.32. The highest BCUT2D eigenvalue weighted by atomic mass is 16.7. The number of rotatable bonds is 6. The van der Waals surface area contributed by atoms with E-state index < -0.39 is 5.92 Å². The molecular weight excluding hydrogens is 458 g/mol. The topological polar surface area (TPSA) is 97.0 Å². The van der Waals surface area contributed by atoms with Gasteiger partial charge in [-0.05, 0) is 66.9 Å². The molecule has 0 bridgehead atoms. The van der Waals surface area contributed by atoms with E-state index in [2.05, 4.69) is 10.6 Å². The lowest BCUT2D eigenvalue weighted by Gasteiger charge is -2.18. The van der Waals surface area contributed by atoms with Crippen molar-refractivity contribution in [1.29, 1.82) is 0 Å². The van der Waals surface area contributed by atoms with Gasteiger partial charge in [0.05, 0.1) is 17.2 Å². The molecule has 1 atom stereocenters. The first-order chi connectivity index (χ1) is 17.4. The van der Waals surface area contributed by atoms with Crippen LogP contribution in [-0.4, -0.2) is 31.1 Å². The summed E-state index contributed by atoms with van der Waals surface area (Å²) < 4.78 is 10.7. The number of fused-ring (bicyclic) bond motifs is 1. The van der Waals surface area contributed by atoms with E-state index in [1.54, 1.807) is 29.2 Å². The number of nitrogens with one attached hydrogen (secondary N) is 2. The fourth-order valence-corrected chi connectivity index (χ4v) is 4.38. The summed E-state index contributed by atoms with van der Waals surface area (Å²) >= 11 is 0. The Hall–Kier alpha value is -4.33. The van der Waals surface area contributed by atoms with Gasteiger partial charge in [-0.15, -0.1) is 0 Å². The Balaban J connectivity index is 1.24. The minimum absolute atomic E-state index is 0.0897. The van der Waals surface area contributed by atoms with E-state index in [1.165, 1.54) is 0 Å². The lowest BCUT2D eigenvalue weighted by Crippen LogP contribution is -2.29. The van der Waals surface area contributed by atoms with Crippen molar-refractivity contribution in [2.24, 2.45) is 5.92 Å². The molecular formula is C28H27N3O5. The molecule has 3 aromatic carbocycles. The fourth-order valence-electron chi connectivity index (χ4n) is 4.38. The van der Waals surface area contributed by atoms with E-state index in [-0.39, 0.29) is 30.9 Å². The van der Waals surface area contributed by atoms with Crippen molar-refractivity contribution in [3.05, 3.63) is 82.9 Å². The highest BCUT2D eigenvalue weighted by Gasteiger charge is 2.35. The van der Waals surface area contributed by atoms with Gasteiger partial charge in [-0.2, -0.15) is 0 Å². The number of nitrogens with zero attached hydrogens (tertiary/aromatic N) is 1. The van der Waals surface area contributed by atoms with Crippen LogP contribution in [-0.2, 0) is 16.1 Å². The Labute approximate surface area is 209 Å². The van der Waals surface area contributed by atoms with Crippen LogP contribution in [0.1, 0.15) is 33.5 Å². The lowest BCUT2D eigenvalue weighted by atomic mass is 10.1. The minimum Gasteiger partial charge on any atom is -0.454 e. The smallest absolute Gasteiger partial charge is 0.253 e. The van der Waals surface area contributed by atoms with E-state index in [0.717, 1.165) is 22.4 Å². The first kappa shape index (κ1) is 23.4. The molecule has 8 nitrogen and oxygen atoms in total. The van der Waals surface area contributed by atoms with Crippen molar-refractivity contribution >= 4 is 29.1 Å². The predicted octanol–water partition coefficient (Wildman–Crippen LogP) is 3.95. The van der Waals surface area contributed by atoms with E-state index in [0.29, 0.717) is 35.8 Å². The zero-order valence-corrected chi connectivity index (χ0v) is 20.2. The zero-order chi connectivity index (χ0) is 25.2. The molecule has 0 saturated carbocycles. The SMILES string of the molecule is Cc1ccc(N2C[C@H](C(=O)Nc3ccccc3C(=O)NCc3ccc4c(c3)OCO4)CC2=O)cc1C. The molecule has 0 aromatic heterocycles. The number of carbonyl (C=O) groups excluding carboxylic acids is 3. The Bertz CT molecular complexity index is 1350. The molecule has 8 heteroatoms. The van der Waals surface area contributed by atoms with E-state index >= 15 is 0 Å². The van der Waals surface area contributed by atoms with Gasteiger partial charge in [-0.3, -0.25) is 14.4 Å². The zero-order valence-electron chi connectivity index (χ0n) is 20.2. The van der Waals surface area contributed by atoms with Crippen molar-refractivity contribution in [2.45, 2.75) is 26.8 Å². The van der Waals surface area contributed by atoms with Crippen molar-refractivity contribution in [2.75, 3.05) is 23.6 Å². The molecule has 2 aliphatic heterocycles. The van der Waals surface area contributed by atoms with Gasteiger partial charge < -0.3 is 25.0 Å². The number of anilines is 2. The third-order valence-corrected chi connectivity index (χ3v) is 6.62. The molecule has 1 fully saturated rings. The van der Waals surface area contributed by atoms with Gasteiger partial charge in [0.1, 0.15) is 0 Å². The van der Waals surface area contributed by atoms with Crippen molar-refractivity contribution < 1.29 is 23.9 Å². The maximum absolute atomic E-state index is 13.1. The van der Waals surface area contributed by atoms with Gasteiger partial charge in [-0.25, -0.2) is 0 Å². The Morgan fingerprint density at radius 1 is 0.972 bits per heavy atom. The van der Waals surface area contributed by atoms with Crippen LogP contribution in [0.2, 0.25) is 0 Å². The van der Waals surface area contributed by atoms with E-state index in [4.69, 9.17) is 9.47 Å². The Morgan fingerprint density at radius 3 is 2.61 bits per heavy atom. The Morgan fingerprint density at radius 2 is 1.78 bits per heavy atom. The molecule has 0 spiro atoms. The van der Waals surface area contributed by atoms with Gasteiger partial charge >= 0.3 is 0 Å². The highest BCUT2D eigenvalue weighted by molar-refractivity contribution is 6.07. The second-order valence-corrected chi connectivity index (χ2v) is 9.08. The minimum atomic E-state index is -0.510. The normalized spacial score (nSPS) is 16.2. The maximum atomic E-state index is 13.1. The van der Waals surface area contributed by atoms with Crippen LogP contribution >= 0.6 is 0 Å². The third-order valence-electron chi connectivity index (χ3n) is 6.62. The summed E-state index contributed by atoms with van der Waals surface area (Å²) in [5, 5.41) is 5.75. The van der Waals surface area contributed by atoms with Gasteiger partial charge in [-0.1, -0.05) is 24.3 Å². The molecule has 0 aliphatic carbocycles. The van der Waals surface area contributed by atoms with Crippen molar-refractivity contribution in [3.8, 4) is 11.5 Å². The molecule has 2 N–H and O–H groups in total. The molecule has 2 heterocycles. The molecule has 0 unspecified atom stereocenters. The van der Waals surface area contributed by atoms with Crippen LogP contribution in [0, 0.1) is 19.8 Å². The standard InChI is InChI=1S/C28H27N3O5/c1-17-7-9-21(11-18(17)2)31-15-20(13-26(31)32)27(33)30-23-6-4-3-5-22(23)28(34)29-14-19-8-10-24-25(12-19)36-16-35-24/h3-12,20H,13-16H2,1-2H3,(H,29,34)(H,30,33)/t20-/m1/s1. The number of benzene rings is 3. The average molecular weight is 486 g/mol. The molecule has 36 heavy (non-hydrogen) atoms. The molecule has 3 amide bonds. The summed E-state index contributed by atoms with van der Waals surface area (Å²) in [7, 11) is 0. The molecule has 2 aliphatic rings. The molecule has 184 valence electrons. The predicted molar refractivity (Wildman–Crippen MR) is 135 cm³/mol. The number of carbonyl (C=O) groups is 3. The summed E-state index contributed by atoms with van der Waals surface area (Å²) in [6.45, 7) is 4.79. The molecule has 5 rings (SSSR count). The number of hydrogen-bond acceptors (Lipinski definition) is 5. The number of ether oxygens (including phenoxy) is 2. The van der Waals surface area contributed by atoms with Crippen molar-refractivity contribution in [1.82, 2.24) is 5.32 Å². The molecule has 0 radical (unpaired) electrons. The monoisotopic (exact) mass is 485 g/mol. The molecule has 3 aromatic rings. The number of aryl methyl sites for hydroxylation is 2. The number of amides is 3. The largest absolute Gasteiger partial charge is 0.454 e. The van der Waals surface area contributed by atoms with Crippen LogP contribution in [0.25, 0.3) is 0 Å². The van der Waals surface area contributed by atoms with E-state index in [1.807, 2.05) is 50.2 Å². The van der Waals surface area contributed by atoms with Crippen LogP contribution in [0.3, 0.4) is 0 Å². The van der Waals surface area contributed by atoms with Gasteiger partial charge in [0.15, 0.2) is 11.5 Å². The van der Waals surface area contributed by atoms with Crippen LogP contribution in [0.15, 0.2) is 60.7 Å². The quantitative estimate of drug-likeness (QED) is 0.551. The summed E-state index contributed by atoms with van der Waals surface area (Å²) in [6, 6.07) is 18.2. The maximum Gasteiger partial charge on any atom is 0.253 e. The average Bonchev–Trinajstić information content (AvgIpc) is 3.50.